The van der Waals surface area contributed by atoms with Crippen molar-refractivity contribution >= 4 is 11.6 Å². The van der Waals surface area contributed by atoms with Crippen molar-refractivity contribution in [2.75, 3.05) is 5.32 Å². The molecule has 0 aromatic heterocycles. The van der Waals surface area contributed by atoms with Crippen molar-refractivity contribution in [2.45, 2.75) is 6.92 Å². The molecular weight excluding hydrogens is 230 g/mol. The Bertz CT molecular complexity index is 576. The molecule has 0 spiro atoms. The van der Waals surface area contributed by atoms with Crippen molar-refractivity contribution in [3.63, 3.8) is 0 Å². The van der Waals surface area contributed by atoms with Gasteiger partial charge < -0.3 is 15.5 Å². The molecule has 0 saturated carbocycles. The summed E-state index contributed by atoms with van der Waals surface area (Å²) in [5.41, 5.74) is 1.88. The van der Waals surface area contributed by atoms with Crippen LogP contribution in [0, 0.1) is 6.92 Å². The quantitative estimate of drug-likeness (QED) is 0.710. The SMILES string of the molecule is Cc1cc(O)ccc1NC(=O)c1ccc(O)cc1. The molecule has 2 aromatic carbocycles. The van der Waals surface area contributed by atoms with E-state index in [2.05, 4.69) is 5.32 Å². The number of hydrogen-bond donors (Lipinski definition) is 3. The molecule has 0 radical (unpaired) electrons. The van der Waals surface area contributed by atoms with Crippen LogP contribution in [-0.2, 0) is 0 Å². The van der Waals surface area contributed by atoms with E-state index in [-0.39, 0.29) is 17.4 Å². The number of hydrogen-bond acceptors (Lipinski definition) is 3. The smallest absolute Gasteiger partial charge is 0.255 e. The predicted molar refractivity (Wildman–Crippen MR) is 68.9 cm³/mol. The fourth-order valence-corrected chi connectivity index (χ4v) is 1.60. The van der Waals surface area contributed by atoms with Crippen LogP contribution in [0.4, 0.5) is 5.69 Å². The van der Waals surface area contributed by atoms with Gasteiger partial charge in [-0.2, -0.15) is 0 Å². The van der Waals surface area contributed by atoms with E-state index >= 15 is 0 Å². The van der Waals surface area contributed by atoms with Gasteiger partial charge in [0.1, 0.15) is 11.5 Å². The molecule has 0 saturated heterocycles. The average Bonchev–Trinajstić information content (AvgIpc) is 2.33. The molecule has 1 amide bonds. The Morgan fingerprint density at radius 1 is 1.00 bits per heavy atom. The van der Waals surface area contributed by atoms with Gasteiger partial charge in [0, 0.05) is 11.3 Å². The Hall–Kier alpha value is -2.49. The minimum atomic E-state index is -0.260. The minimum Gasteiger partial charge on any atom is -0.508 e. The van der Waals surface area contributed by atoms with Crippen LogP contribution in [0.3, 0.4) is 0 Å². The summed E-state index contributed by atoms with van der Waals surface area (Å²) in [6.45, 7) is 1.80. The Morgan fingerprint density at radius 2 is 1.61 bits per heavy atom. The summed E-state index contributed by atoms with van der Waals surface area (Å²) < 4.78 is 0. The second-order valence-corrected chi connectivity index (χ2v) is 4.00. The number of aryl methyl sites for hydroxylation is 1. The second-order valence-electron chi connectivity index (χ2n) is 4.00. The van der Waals surface area contributed by atoms with Crippen LogP contribution in [0.5, 0.6) is 11.5 Å². The van der Waals surface area contributed by atoms with Crippen LogP contribution in [0.2, 0.25) is 0 Å². The third kappa shape index (κ3) is 2.60. The first-order valence-electron chi connectivity index (χ1n) is 5.46. The summed E-state index contributed by atoms with van der Waals surface area (Å²) in [6, 6.07) is 10.7. The summed E-state index contributed by atoms with van der Waals surface area (Å²) in [6.07, 6.45) is 0. The number of carbonyl (C=O) groups excluding carboxylic acids is 1. The van der Waals surface area contributed by atoms with Gasteiger partial charge in [0.15, 0.2) is 0 Å². The Kier molecular flexibility index (Phi) is 3.19. The number of phenolic OH excluding ortho intramolecular Hbond substituents is 2. The molecule has 2 aromatic rings. The molecule has 3 N–H and O–H groups in total. The van der Waals surface area contributed by atoms with Crippen molar-refractivity contribution in [2.24, 2.45) is 0 Å². The molecule has 2 rings (SSSR count). The van der Waals surface area contributed by atoms with Gasteiger partial charge in [-0.1, -0.05) is 0 Å². The monoisotopic (exact) mass is 243 g/mol. The van der Waals surface area contributed by atoms with Gasteiger partial charge in [-0.05, 0) is 55.0 Å². The zero-order valence-electron chi connectivity index (χ0n) is 9.84. The lowest BCUT2D eigenvalue weighted by molar-refractivity contribution is 0.102. The fraction of sp³-hybridized carbons (Fsp3) is 0.0714. The standard InChI is InChI=1S/C14H13NO3/c1-9-8-12(17)6-7-13(9)15-14(18)10-2-4-11(16)5-3-10/h2-8,16-17H,1H3,(H,15,18). The molecule has 18 heavy (non-hydrogen) atoms. The average molecular weight is 243 g/mol. The largest absolute Gasteiger partial charge is 0.508 e. The van der Waals surface area contributed by atoms with Crippen LogP contribution >= 0.6 is 0 Å². The number of aromatic hydroxyl groups is 2. The van der Waals surface area contributed by atoms with E-state index in [9.17, 15) is 9.90 Å². The van der Waals surface area contributed by atoms with Gasteiger partial charge in [-0.3, -0.25) is 4.79 Å². The van der Waals surface area contributed by atoms with E-state index < -0.39 is 0 Å². The molecule has 0 heterocycles. The Labute approximate surface area is 105 Å². The predicted octanol–water partition coefficient (Wildman–Crippen LogP) is 2.66. The van der Waals surface area contributed by atoms with Crippen molar-refractivity contribution in [3.8, 4) is 11.5 Å². The summed E-state index contributed by atoms with van der Waals surface area (Å²) in [5.74, 6) is 0.0197. The molecule has 0 unspecified atom stereocenters. The maximum Gasteiger partial charge on any atom is 0.255 e. The van der Waals surface area contributed by atoms with Crippen molar-refractivity contribution < 1.29 is 15.0 Å². The van der Waals surface area contributed by atoms with Crippen molar-refractivity contribution in [1.29, 1.82) is 0 Å². The highest BCUT2D eigenvalue weighted by atomic mass is 16.3. The lowest BCUT2D eigenvalue weighted by Crippen LogP contribution is -2.12. The van der Waals surface area contributed by atoms with Gasteiger partial charge >= 0.3 is 0 Å². The number of benzene rings is 2. The highest BCUT2D eigenvalue weighted by Crippen LogP contribution is 2.21. The molecule has 0 fully saturated rings. The maximum atomic E-state index is 11.9. The molecule has 0 aliphatic rings. The Morgan fingerprint density at radius 3 is 2.22 bits per heavy atom. The third-order valence-electron chi connectivity index (χ3n) is 2.59. The van der Waals surface area contributed by atoms with E-state index in [4.69, 9.17) is 5.11 Å². The van der Waals surface area contributed by atoms with E-state index in [1.807, 2.05) is 0 Å². The number of rotatable bonds is 2. The first-order chi connectivity index (χ1) is 8.56. The minimum absolute atomic E-state index is 0.118. The summed E-state index contributed by atoms with van der Waals surface area (Å²) in [7, 11) is 0. The van der Waals surface area contributed by atoms with E-state index in [0.717, 1.165) is 5.56 Å². The van der Waals surface area contributed by atoms with Gasteiger partial charge in [0.25, 0.3) is 5.91 Å². The van der Waals surface area contributed by atoms with Crippen LogP contribution in [0.1, 0.15) is 15.9 Å². The number of anilines is 1. The topological polar surface area (TPSA) is 69.6 Å². The van der Waals surface area contributed by atoms with Gasteiger partial charge in [0.05, 0.1) is 0 Å². The first kappa shape index (κ1) is 12.0. The zero-order valence-corrected chi connectivity index (χ0v) is 9.84. The van der Waals surface area contributed by atoms with Crippen molar-refractivity contribution in [3.05, 3.63) is 53.6 Å². The fourth-order valence-electron chi connectivity index (χ4n) is 1.60. The summed E-state index contributed by atoms with van der Waals surface area (Å²) in [4.78, 5) is 11.9. The van der Waals surface area contributed by atoms with Crippen LogP contribution < -0.4 is 5.32 Å². The lowest BCUT2D eigenvalue weighted by atomic mass is 10.1. The molecule has 0 bridgehead atoms. The normalized spacial score (nSPS) is 10.1. The van der Waals surface area contributed by atoms with E-state index in [1.54, 1.807) is 31.2 Å². The third-order valence-corrected chi connectivity index (χ3v) is 2.59. The number of carbonyl (C=O) groups is 1. The van der Waals surface area contributed by atoms with E-state index in [0.29, 0.717) is 11.3 Å². The molecule has 0 atom stereocenters. The van der Waals surface area contributed by atoms with Gasteiger partial charge in [-0.25, -0.2) is 0 Å². The van der Waals surface area contributed by atoms with E-state index in [1.165, 1.54) is 18.2 Å². The highest BCUT2D eigenvalue weighted by Gasteiger charge is 2.07. The van der Waals surface area contributed by atoms with Gasteiger partial charge in [-0.15, -0.1) is 0 Å². The molecule has 92 valence electrons. The lowest BCUT2D eigenvalue weighted by Gasteiger charge is -2.08. The molecule has 0 aliphatic heterocycles. The molecule has 0 aliphatic carbocycles. The second kappa shape index (κ2) is 4.79. The highest BCUT2D eigenvalue weighted by molar-refractivity contribution is 6.04. The maximum absolute atomic E-state index is 11.9. The van der Waals surface area contributed by atoms with Crippen LogP contribution in [0.15, 0.2) is 42.5 Å². The summed E-state index contributed by atoms with van der Waals surface area (Å²) in [5, 5.41) is 21.2. The van der Waals surface area contributed by atoms with Crippen LogP contribution in [0.25, 0.3) is 0 Å². The number of nitrogens with one attached hydrogen (secondary N) is 1. The number of phenols is 2. The first-order valence-corrected chi connectivity index (χ1v) is 5.46. The molecular formula is C14H13NO3. The van der Waals surface area contributed by atoms with Crippen molar-refractivity contribution in [1.82, 2.24) is 0 Å². The van der Waals surface area contributed by atoms with Crippen LogP contribution in [-0.4, -0.2) is 16.1 Å². The molecule has 4 heteroatoms. The zero-order chi connectivity index (χ0) is 13.1. The van der Waals surface area contributed by atoms with Gasteiger partial charge in [0.2, 0.25) is 0 Å². The molecule has 4 nitrogen and oxygen atoms in total. The Balaban J connectivity index is 2.18. The summed E-state index contributed by atoms with van der Waals surface area (Å²) >= 11 is 0. The number of amides is 1.